The van der Waals surface area contributed by atoms with E-state index >= 15 is 0 Å². The van der Waals surface area contributed by atoms with Gasteiger partial charge in [-0.1, -0.05) is 37.3 Å². The number of aromatic nitrogens is 1. The molecule has 216 valence electrons. The number of pyridine rings is 1. The van der Waals surface area contributed by atoms with Crippen molar-refractivity contribution in [2.45, 2.75) is 39.3 Å². The Bertz CT molecular complexity index is 1170. The Morgan fingerprint density at radius 1 is 1.10 bits per heavy atom. The first-order valence-electron chi connectivity index (χ1n) is 12.9. The van der Waals surface area contributed by atoms with E-state index in [-0.39, 0.29) is 29.7 Å². The molecule has 1 aliphatic heterocycles. The average Bonchev–Trinajstić information content (AvgIpc) is 2.99. The highest BCUT2D eigenvalue weighted by molar-refractivity contribution is 5.98. The molecule has 0 radical (unpaired) electrons. The fourth-order valence-electron chi connectivity index (χ4n) is 3.99. The summed E-state index contributed by atoms with van der Waals surface area (Å²) in [7, 11) is 1.36. The maximum atomic E-state index is 13.2. The van der Waals surface area contributed by atoms with Gasteiger partial charge in [0.15, 0.2) is 23.2 Å². The highest BCUT2D eigenvalue weighted by Crippen LogP contribution is 2.30. The van der Waals surface area contributed by atoms with E-state index in [1.807, 2.05) is 37.3 Å². The molecule has 0 unspecified atom stereocenters. The molecule has 2 aromatic rings. The molecule has 1 fully saturated rings. The first-order chi connectivity index (χ1) is 19.2. The maximum Gasteiger partial charge on any atom is 0.334 e. The van der Waals surface area contributed by atoms with Crippen molar-refractivity contribution in [2.24, 2.45) is 11.8 Å². The molecule has 12 nitrogen and oxygen atoms in total. The van der Waals surface area contributed by atoms with Crippen LogP contribution in [-0.4, -0.2) is 74.7 Å². The summed E-state index contributed by atoms with van der Waals surface area (Å²) < 4.78 is 31.8. The van der Waals surface area contributed by atoms with Crippen molar-refractivity contribution in [1.82, 2.24) is 10.3 Å². The van der Waals surface area contributed by atoms with E-state index in [9.17, 15) is 19.2 Å². The van der Waals surface area contributed by atoms with E-state index in [1.165, 1.54) is 19.4 Å². The van der Waals surface area contributed by atoms with Crippen molar-refractivity contribution in [3.8, 4) is 11.5 Å². The summed E-state index contributed by atoms with van der Waals surface area (Å²) in [6.45, 7) is 4.33. The molecule has 0 aliphatic carbocycles. The topological polar surface area (TPSA) is 149 Å². The molecule has 4 atom stereocenters. The summed E-state index contributed by atoms with van der Waals surface area (Å²) in [6, 6.07) is 9.59. The average molecular weight is 559 g/mol. The van der Waals surface area contributed by atoms with Crippen LogP contribution in [0.15, 0.2) is 42.6 Å². The third-order valence-electron chi connectivity index (χ3n) is 6.41. The van der Waals surface area contributed by atoms with Crippen molar-refractivity contribution < 1.29 is 47.6 Å². The second-order valence-electron chi connectivity index (χ2n) is 9.06. The minimum Gasteiger partial charge on any atom is -0.493 e. The molecule has 12 heteroatoms. The van der Waals surface area contributed by atoms with Crippen molar-refractivity contribution in [1.29, 1.82) is 0 Å². The van der Waals surface area contributed by atoms with Crippen molar-refractivity contribution in [2.75, 3.05) is 33.7 Å². The van der Waals surface area contributed by atoms with Crippen LogP contribution in [0.5, 0.6) is 11.5 Å². The Balaban J connectivity index is 1.73. The summed E-state index contributed by atoms with van der Waals surface area (Å²) in [5, 5.41) is 2.50. The van der Waals surface area contributed by atoms with Crippen LogP contribution in [0, 0.1) is 11.8 Å². The number of ether oxygens (including phenoxy) is 6. The number of nitrogens with zero attached hydrogens (tertiary/aromatic N) is 1. The second-order valence-corrected chi connectivity index (χ2v) is 9.06. The van der Waals surface area contributed by atoms with Crippen LogP contribution in [0.2, 0.25) is 0 Å². The van der Waals surface area contributed by atoms with Gasteiger partial charge in [0, 0.05) is 24.8 Å². The summed E-state index contributed by atoms with van der Waals surface area (Å²) in [6.07, 6.45) is 1.08. The predicted octanol–water partition coefficient (Wildman–Crippen LogP) is 2.09. The minimum absolute atomic E-state index is 0.120. The van der Waals surface area contributed by atoms with Gasteiger partial charge in [-0.05, 0) is 25.8 Å². The third kappa shape index (κ3) is 8.15. The number of benzene rings is 1. The molecule has 1 saturated heterocycles. The quantitative estimate of drug-likeness (QED) is 0.245. The first-order valence-corrected chi connectivity index (χ1v) is 12.9. The van der Waals surface area contributed by atoms with Gasteiger partial charge >= 0.3 is 17.9 Å². The van der Waals surface area contributed by atoms with E-state index in [4.69, 9.17) is 28.4 Å². The van der Waals surface area contributed by atoms with Crippen LogP contribution in [-0.2, 0) is 39.8 Å². The number of cyclic esters (lactones) is 2. The minimum atomic E-state index is -1.31. The summed E-state index contributed by atoms with van der Waals surface area (Å²) in [4.78, 5) is 55.0. The molecule has 1 aromatic carbocycles. The molecule has 1 amide bonds. The Kier molecular flexibility index (Phi) is 11.2. The summed E-state index contributed by atoms with van der Waals surface area (Å²) in [5.74, 6) is -3.66. The Morgan fingerprint density at radius 3 is 2.55 bits per heavy atom. The number of amides is 1. The lowest BCUT2D eigenvalue weighted by Crippen LogP contribution is -2.46. The number of carbonyl (C=O) groups is 4. The molecule has 0 spiro atoms. The monoisotopic (exact) mass is 558 g/mol. The lowest BCUT2D eigenvalue weighted by molar-refractivity contribution is -0.156. The van der Waals surface area contributed by atoms with Crippen LogP contribution in [0.3, 0.4) is 0 Å². The van der Waals surface area contributed by atoms with E-state index in [1.54, 1.807) is 13.8 Å². The molecule has 3 rings (SSSR count). The van der Waals surface area contributed by atoms with Crippen LogP contribution < -0.4 is 14.8 Å². The van der Waals surface area contributed by atoms with Crippen molar-refractivity contribution in [3.63, 3.8) is 0 Å². The fourth-order valence-corrected chi connectivity index (χ4v) is 3.99. The van der Waals surface area contributed by atoms with Crippen molar-refractivity contribution in [3.05, 3.63) is 53.9 Å². The molecule has 1 N–H and O–H groups in total. The molecule has 0 saturated carbocycles. The van der Waals surface area contributed by atoms with Gasteiger partial charge in [-0.2, -0.15) is 0 Å². The van der Waals surface area contributed by atoms with Crippen LogP contribution in [0.1, 0.15) is 36.8 Å². The van der Waals surface area contributed by atoms with Gasteiger partial charge in [-0.15, -0.1) is 0 Å². The summed E-state index contributed by atoms with van der Waals surface area (Å²) >= 11 is 0. The fraction of sp³-hybridized carbons (Fsp3) is 0.464. The second kappa shape index (κ2) is 14.8. The normalized spacial score (nSPS) is 21.1. The van der Waals surface area contributed by atoms with Gasteiger partial charge < -0.3 is 33.7 Å². The van der Waals surface area contributed by atoms with E-state index < -0.39 is 55.3 Å². The molecule has 0 bridgehead atoms. The third-order valence-corrected chi connectivity index (χ3v) is 6.41. The Labute approximate surface area is 232 Å². The number of esters is 3. The number of nitrogens with one attached hydrogen (secondary N) is 1. The predicted molar refractivity (Wildman–Crippen MR) is 139 cm³/mol. The van der Waals surface area contributed by atoms with Crippen LogP contribution in [0.4, 0.5) is 0 Å². The van der Waals surface area contributed by atoms with E-state index in [0.29, 0.717) is 13.0 Å². The number of methoxy groups -OCH3 is 1. The number of carbonyl (C=O) groups excluding carboxylic acids is 4. The molecular formula is C28H34N2O10. The largest absolute Gasteiger partial charge is 0.493 e. The van der Waals surface area contributed by atoms with Gasteiger partial charge in [0.05, 0.1) is 13.0 Å². The zero-order valence-corrected chi connectivity index (χ0v) is 22.9. The van der Waals surface area contributed by atoms with Gasteiger partial charge in [0.1, 0.15) is 19.3 Å². The highest BCUT2D eigenvalue weighted by Gasteiger charge is 2.37. The van der Waals surface area contributed by atoms with E-state index in [0.717, 1.165) is 5.56 Å². The van der Waals surface area contributed by atoms with Crippen LogP contribution >= 0.6 is 0 Å². The first kappa shape index (κ1) is 30.4. The standard InChI is InChI=1S/C28H34N2O10/c1-5-36-15-23(31)38-16-39-25-22(35-4)11-12-29-24(25)26(32)30-21-14-37-27(33)20(13-19-9-7-6-8-10-19)17(2)18(3)40-28(21)34/h6-12,17-18,20-21H,5,13-16H2,1-4H3,(H,30,32)/t17-,18+,20-,21+/m1/s1. The molecule has 1 aliphatic rings. The van der Waals surface area contributed by atoms with Gasteiger partial charge in [-0.3, -0.25) is 9.59 Å². The molecule has 1 aromatic heterocycles. The highest BCUT2D eigenvalue weighted by atomic mass is 16.7. The lowest BCUT2D eigenvalue weighted by atomic mass is 9.85. The Hall–Kier alpha value is -4.19. The Morgan fingerprint density at radius 2 is 1.85 bits per heavy atom. The van der Waals surface area contributed by atoms with Gasteiger partial charge in [0.25, 0.3) is 5.91 Å². The van der Waals surface area contributed by atoms with Gasteiger partial charge in [-0.25, -0.2) is 14.6 Å². The number of hydrogen-bond donors (Lipinski definition) is 1. The number of hydrogen-bond acceptors (Lipinski definition) is 11. The molecular weight excluding hydrogens is 524 g/mol. The van der Waals surface area contributed by atoms with E-state index in [2.05, 4.69) is 10.3 Å². The van der Waals surface area contributed by atoms with Crippen LogP contribution in [0.25, 0.3) is 0 Å². The maximum absolute atomic E-state index is 13.2. The SMILES string of the molecule is CCOCC(=O)OCOc1c(OC)ccnc1C(=O)N[C@H]1COC(=O)[C@H](Cc2ccccc2)[C@H](C)[C@H](C)OC1=O. The smallest absolute Gasteiger partial charge is 0.334 e. The van der Waals surface area contributed by atoms with Gasteiger partial charge in [0.2, 0.25) is 6.79 Å². The molecule has 2 heterocycles. The zero-order chi connectivity index (χ0) is 29.1. The number of rotatable bonds is 11. The summed E-state index contributed by atoms with van der Waals surface area (Å²) in [5.41, 5.74) is 0.696. The van der Waals surface area contributed by atoms with Crippen molar-refractivity contribution >= 4 is 23.8 Å². The zero-order valence-electron chi connectivity index (χ0n) is 22.9. The molecule has 40 heavy (non-hydrogen) atoms. The lowest BCUT2D eigenvalue weighted by Gasteiger charge is -2.26.